The topological polar surface area (TPSA) is 12.0 Å². The molecule has 0 aromatic carbocycles. The molecule has 114 valence electrons. The van der Waals surface area contributed by atoms with Crippen molar-refractivity contribution in [3.63, 3.8) is 0 Å². The largest absolute Gasteiger partial charge is 0.316 e. The Morgan fingerprint density at radius 3 is 1.79 bits per heavy atom. The van der Waals surface area contributed by atoms with E-state index in [1.54, 1.807) is 0 Å². The van der Waals surface area contributed by atoms with Gasteiger partial charge < -0.3 is 5.32 Å². The maximum absolute atomic E-state index is 14.3. The van der Waals surface area contributed by atoms with Gasteiger partial charge >= 0.3 is 0 Å². The zero-order chi connectivity index (χ0) is 13.8. The highest BCUT2D eigenvalue weighted by atomic mass is 19.1. The molecule has 2 heteroatoms. The standard InChI is InChI=1S/C17H34FN/c1-2-3-4-5-6-7-8-9-10-11-12-17(18)13-15-19-16-14-17/h19H,2-16H2,1H3. The molecule has 0 aliphatic carbocycles. The number of hydrogen-bond donors (Lipinski definition) is 1. The van der Waals surface area contributed by atoms with Crippen molar-refractivity contribution < 1.29 is 4.39 Å². The van der Waals surface area contributed by atoms with Crippen LogP contribution in [0.2, 0.25) is 0 Å². The van der Waals surface area contributed by atoms with Crippen LogP contribution in [0.15, 0.2) is 0 Å². The number of nitrogens with one attached hydrogen (secondary N) is 1. The number of unbranched alkanes of at least 4 members (excludes halogenated alkanes) is 9. The van der Waals surface area contributed by atoms with Gasteiger partial charge in [-0.25, -0.2) is 4.39 Å². The first-order valence-electron chi connectivity index (χ1n) is 8.66. The molecule has 1 saturated heterocycles. The third-order valence-corrected chi connectivity index (χ3v) is 4.48. The van der Waals surface area contributed by atoms with Crippen LogP contribution in [-0.4, -0.2) is 18.8 Å². The monoisotopic (exact) mass is 271 g/mol. The number of halogens is 1. The van der Waals surface area contributed by atoms with Gasteiger partial charge in [0.25, 0.3) is 0 Å². The van der Waals surface area contributed by atoms with Crippen molar-refractivity contribution >= 4 is 0 Å². The van der Waals surface area contributed by atoms with Gasteiger partial charge in [-0.05, 0) is 32.4 Å². The summed E-state index contributed by atoms with van der Waals surface area (Å²) in [6.45, 7) is 4.00. The van der Waals surface area contributed by atoms with Crippen LogP contribution in [0.5, 0.6) is 0 Å². The second-order valence-electron chi connectivity index (χ2n) is 6.33. The molecule has 1 fully saturated rings. The molecule has 0 amide bonds. The van der Waals surface area contributed by atoms with Crippen LogP contribution in [0, 0.1) is 0 Å². The fraction of sp³-hybridized carbons (Fsp3) is 1.00. The molecule has 1 heterocycles. The Hall–Kier alpha value is -0.110. The van der Waals surface area contributed by atoms with Crippen molar-refractivity contribution in [3.8, 4) is 0 Å². The minimum absolute atomic E-state index is 0.727. The summed E-state index contributed by atoms with van der Waals surface area (Å²) in [5, 5.41) is 3.24. The lowest BCUT2D eigenvalue weighted by molar-refractivity contribution is 0.101. The highest BCUT2D eigenvalue weighted by Gasteiger charge is 2.30. The van der Waals surface area contributed by atoms with Crippen LogP contribution >= 0.6 is 0 Å². The summed E-state index contributed by atoms with van der Waals surface area (Å²) in [7, 11) is 0. The van der Waals surface area contributed by atoms with E-state index in [9.17, 15) is 4.39 Å². The second-order valence-corrected chi connectivity index (χ2v) is 6.33. The van der Waals surface area contributed by atoms with Crippen molar-refractivity contribution in [3.05, 3.63) is 0 Å². The van der Waals surface area contributed by atoms with Gasteiger partial charge in [0.2, 0.25) is 0 Å². The first-order valence-corrected chi connectivity index (χ1v) is 8.66. The van der Waals surface area contributed by atoms with E-state index in [4.69, 9.17) is 0 Å². The third kappa shape index (κ3) is 8.62. The maximum Gasteiger partial charge on any atom is 0.113 e. The fourth-order valence-electron chi connectivity index (χ4n) is 3.05. The molecule has 0 aromatic heterocycles. The van der Waals surface area contributed by atoms with E-state index < -0.39 is 5.67 Å². The van der Waals surface area contributed by atoms with Crippen LogP contribution in [0.3, 0.4) is 0 Å². The molecule has 0 spiro atoms. The Morgan fingerprint density at radius 2 is 1.26 bits per heavy atom. The Kier molecular flexibility index (Phi) is 9.50. The zero-order valence-corrected chi connectivity index (χ0v) is 13.0. The van der Waals surface area contributed by atoms with Gasteiger partial charge in [0.15, 0.2) is 0 Å². The number of piperidine rings is 1. The average Bonchev–Trinajstić information content (AvgIpc) is 2.42. The number of hydrogen-bond acceptors (Lipinski definition) is 1. The van der Waals surface area contributed by atoms with Crippen LogP contribution < -0.4 is 5.32 Å². The van der Waals surface area contributed by atoms with Gasteiger partial charge in [-0.15, -0.1) is 0 Å². The molecular weight excluding hydrogens is 237 g/mol. The van der Waals surface area contributed by atoms with E-state index in [0.717, 1.165) is 38.8 Å². The molecule has 0 radical (unpaired) electrons. The number of rotatable bonds is 11. The SMILES string of the molecule is CCCCCCCCCCCCC1(F)CCNCC1. The number of alkyl halides is 1. The molecule has 1 rings (SSSR count). The Labute approximate surface area is 119 Å². The first-order chi connectivity index (χ1) is 9.27. The van der Waals surface area contributed by atoms with Crippen molar-refractivity contribution in [2.75, 3.05) is 13.1 Å². The average molecular weight is 271 g/mol. The van der Waals surface area contributed by atoms with E-state index >= 15 is 0 Å². The van der Waals surface area contributed by atoms with Gasteiger partial charge in [-0.3, -0.25) is 0 Å². The van der Waals surface area contributed by atoms with E-state index in [0.29, 0.717) is 0 Å². The molecule has 1 aliphatic heterocycles. The van der Waals surface area contributed by atoms with Gasteiger partial charge in [-0.2, -0.15) is 0 Å². The van der Waals surface area contributed by atoms with Gasteiger partial charge in [0.05, 0.1) is 0 Å². The van der Waals surface area contributed by atoms with E-state index in [-0.39, 0.29) is 0 Å². The second kappa shape index (κ2) is 10.7. The zero-order valence-electron chi connectivity index (χ0n) is 13.0. The molecule has 0 unspecified atom stereocenters. The van der Waals surface area contributed by atoms with E-state index in [1.807, 2.05) is 0 Å². The minimum atomic E-state index is -0.842. The predicted molar refractivity (Wildman–Crippen MR) is 82.4 cm³/mol. The Bertz CT molecular complexity index is 199. The summed E-state index contributed by atoms with van der Waals surface area (Å²) in [6.07, 6.45) is 15.6. The smallest absolute Gasteiger partial charge is 0.113 e. The molecule has 1 nitrogen and oxygen atoms in total. The molecule has 1 N–H and O–H groups in total. The molecule has 0 saturated carbocycles. The van der Waals surface area contributed by atoms with Crippen LogP contribution in [0.4, 0.5) is 4.39 Å². The van der Waals surface area contributed by atoms with Crippen LogP contribution in [0.1, 0.15) is 90.4 Å². The lowest BCUT2D eigenvalue weighted by Crippen LogP contribution is -2.38. The fourth-order valence-corrected chi connectivity index (χ4v) is 3.05. The van der Waals surface area contributed by atoms with Crippen LogP contribution in [0.25, 0.3) is 0 Å². The minimum Gasteiger partial charge on any atom is -0.316 e. The third-order valence-electron chi connectivity index (χ3n) is 4.48. The quantitative estimate of drug-likeness (QED) is 0.497. The summed E-state index contributed by atoms with van der Waals surface area (Å²) in [5.74, 6) is 0. The summed E-state index contributed by atoms with van der Waals surface area (Å²) in [5.41, 5.74) is -0.842. The lowest BCUT2D eigenvalue weighted by Gasteiger charge is -2.30. The highest BCUT2D eigenvalue weighted by molar-refractivity contribution is 4.84. The van der Waals surface area contributed by atoms with E-state index in [1.165, 1.54) is 57.8 Å². The van der Waals surface area contributed by atoms with Crippen molar-refractivity contribution in [1.29, 1.82) is 0 Å². The van der Waals surface area contributed by atoms with E-state index in [2.05, 4.69) is 12.2 Å². The van der Waals surface area contributed by atoms with Gasteiger partial charge in [0.1, 0.15) is 5.67 Å². The maximum atomic E-state index is 14.3. The molecule has 0 bridgehead atoms. The highest BCUT2D eigenvalue weighted by Crippen LogP contribution is 2.29. The van der Waals surface area contributed by atoms with Gasteiger partial charge in [0, 0.05) is 0 Å². The molecule has 19 heavy (non-hydrogen) atoms. The molecule has 1 aliphatic rings. The summed E-state index contributed by atoms with van der Waals surface area (Å²) < 4.78 is 14.3. The summed E-state index contributed by atoms with van der Waals surface area (Å²) >= 11 is 0. The normalized spacial score (nSPS) is 18.6. The van der Waals surface area contributed by atoms with Crippen molar-refractivity contribution in [2.45, 2.75) is 96.1 Å². The van der Waals surface area contributed by atoms with Crippen LogP contribution in [-0.2, 0) is 0 Å². The summed E-state index contributed by atoms with van der Waals surface area (Å²) in [6, 6.07) is 0. The van der Waals surface area contributed by atoms with Gasteiger partial charge in [-0.1, -0.05) is 71.1 Å². The summed E-state index contributed by atoms with van der Waals surface area (Å²) in [4.78, 5) is 0. The lowest BCUT2D eigenvalue weighted by atomic mass is 9.88. The predicted octanol–water partition coefficient (Wildman–Crippen LogP) is 5.39. The van der Waals surface area contributed by atoms with Crippen molar-refractivity contribution in [1.82, 2.24) is 5.32 Å². The molecule has 0 aromatic rings. The van der Waals surface area contributed by atoms with Crippen molar-refractivity contribution in [2.24, 2.45) is 0 Å². The Balaban J connectivity index is 1.83. The molecular formula is C17H34FN. The molecule has 0 atom stereocenters. The first kappa shape index (κ1) is 16.9. The Morgan fingerprint density at radius 1 is 0.789 bits per heavy atom.